The van der Waals surface area contributed by atoms with Crippen molar-refractivity contribution < 1.29 is 22.7 Å². The number of nitrogens with zero attached hydrogens (tertiary/aromatic N) is 2. The van der Waals surface area contributed by atoms with Crippen LogP contribution in [0.15, 0.2) is 60.8 Å². The first-order valence-electron chi connectivity index (χ1n) is 8.62. The Labute approximate surface area is 168 Å². The lowest BCUT2D eigenvalue weighted by atomic mass is 10.1. The number of aryl methyl sites for hydroxylation is 1. The van der Waals surface area contributed by atoms with Gasteiger partial charge in [0.1, 0.15) is 0 Å². The molecule has 0 aliphatic rings. The molecule has 2 aromatic carbocycles. The fourth-order valence-electron chi connectivity index (χ4n) is 2.61. The number of ether oxygens (including phenoxy) is 1. The van der Waals surface area contributed by atoms with Gasteiger partial charge in [0.25, 0.3) is 0 Å². The second kappa shape index (κ2) is 8.27. The minimum absolute atomic E-state index is 0.307. The molecule has 0 spiro atoms. The maximum absolute atomic E-state index is 12.2. The zero-order chi connectivity index (χ0) is 21.0. The average molecular weight is 413 g/mol. The van der Waals surface area contributed by atoms with Crippen LogP contribution >= 0.6 is 0 Å². The summed E-state index contributed by atoms with van der Waals surface area (Å²) in [5, 5.41) is 4.20. The lowest BCUT2D eigenvalue weighted by molar-refractivity contribution is 0.0475. The Hall–Kier alpha value is -3.46. The van der Waals surface area contributed by atoms with Gasteiger partial charge in [-0.2, -0.15) is 5.10 Å². The van der Waals surface area contributed by atoms with E-state index in [0.29, 0.717) is 16.8 Å². The molecule has 0 aliphatic heterocycles. The molecule has 0 atom stereocenters. The number of nitrogens with one attached hydrogen (secondary N) is 1. The molecule has 0 radical (unpaired) electrons. The summed E-state index contributed by atoms with van der Waals surface area (Å²) < 4.78 is 31.5. The van der Waals surface area contributed by atoms with E-state index in [1.807, 2.05) is 13.0 Å². The van der Waals surface area contributed by atoms with Crippen LogP contribution in [0.1, 0.15) is 26.4 Å². The van der Waals surface area contributed by atoms with E-state index in [9.17, 15) is 18.0 Å². The Morgan fingerprint density at radius 2 is 1.62 bits per heavy atom. The van der Waals surface area contributed by atoms with Gasteiger partial charge in [0, 0.05) is 23.1 Å². The molecule has 1 N–H and O–H groups in total. The van der Waals surface area contributed by atoms with Gasteiger partial charge in [-0.15, -0.1) is 0 Å². The van der Waals surface area contributed by atoms with Gasteiger partial charge in [-0.05, 0) is 61.5 Å². The van der Waals surface area contributed by atoms with E-state index < -0.39 is 28.4 Å². The third kappa shape index (κ3) is 5.29. The molecule has 0 saturated carbocycles. The molecule has 150 valence electrons. The van der Waals surface area contributed by atoms with E-state index in [1.54, 1.807) is 35.1 Å². The summed E-state index contributed by atoms with van der Waals surface area (Å²) in [6, 6.07) is 14.4. The topological polar surface area (TPSA) is 107 Å². The Morgan fingerprint density at radius 3 is 2.17 bits per heavy atom. The van der Waals surface area contributed by atoms with E-state index in [2.05, 4.69) is 9.82 Å². The molecule has 0 saturated heterocycles. The highest BCUT2D eigenvalue weighted by atomic mass is 32.2. The monoisotopic (exact) mass is 413 g/mol. The maximum atomic E-state index is 12.2. The van der Waals surface area contributed by atoms with Crippen molar-refractivity contribution in [3.63, 3.8) is 0 Å². The number of benzene rings is 2. The van der Waals surface area contributed by atoms with Crippen molar-refractivity contribution in [1.82, 2.24) is 9.78 Å². The van der Waals surface area contributed by atoms with E-state index in [1.165, 1.54) is 24.3 Å². The number of anilines is 1. The van der Waals surface area contributed by atoms with Gasteiger partial charge in [-0.3, -0.25) is 9.52 Å². The van der Waals surface area contributed by atoms with Gasteiger partial charge in [0.05, 0.1) is 17.5 Å². The van der Waals surface area contributed by atoms with E-state index in [0.717, 1.165) is 17.6 Å². The fourth-order valence-corrected chi connectivity index (χ4v) is 3.18. The number of aromatic nitrogens is 2. The van der Waals surface area contributed by atoms with Crippen LogP contribution < -0.4 is 4.72 Å². The molecule has 1 heterocycles. The molecule has 0 aliphatic carbocycles. The van der Waals surface area contributed by atoms with E-state index in [4.69, 9.17) is 4.74 Å². The third-order valence-electron chi connectivity index (χ3n) is 4.02. The minimum Gasteiger partial charge on any atom is -0.454 e. The largest absolute Gasteiger partial charge is 0.454 e. The summed E-state index contributed by atoms with van der Waals surface area (Å²) in [5.41, 5.74) is 2.74. The molecule has 0 unspecified atom stereocenters. The standard InChI is InChI=1S/C20H19N3O5S/c1-14-11-12-21-23(14)18-9-5-16(6-10-18)20(25)28-13-19(24)15-3-7-17(8-4-15)22-29(2,26)27/h3-12,22H,13H2,1-2H3. The van der Waals surface area contributed by atoms with Crippen LogP contribution in [0.2, 0.25) is 0 Å². The van der Waals surface area contributed by atoms with Gasteiger partial charge in [0.2, 0.25) is 10.0 Å². The Morgan fingerprint density at radius 1 is 1.00 bits per heavy atom. The molecular weight excluding hydrogens is 394 g/mol. The quantitative estimate of drug-likeness (QED) is 0.471. The summed E-state index contributed by atoms with van der Waals surface area (Å²) in [6.45, 7) is 1.50. The second-order valence-corrected chi connectivity index (χ2v) is 8.13. The van der Waals surface area contributed by atoms with Crippen molar-refractivity contribution in [1.29, 1.82) is 0 Å². The summed E-state index contributed by atoms with van der Waals surface area (Å²) in [5.74, 6) is -1.01. The molecule has 3 aromatic rings. The Bertz CT molecular complexity index is 1130. The Balaban J connectivity index is 1.58. The fraction of sp³-hybridized carbons (Fsp3) is 0.150. The van der Waals surface area contributed by atoms with Crippen molar-refractivity contribution in [2.75, 3.05) is 17.6 Å². The smallest absolute Gasteiger partial charge is 0.338 e. The zero-order valence-corrected chi connectivity index (χ0v) is 16.6. The Kier molecular flexibility index (Phi) is 5.79. The first-order chi connectivity index (χ1) is 13.7. The van der Waals surface area contributed by atoms with Crippen molar-refractivity contribution in [2.45, 2.75) is 6.92 Å². The van der Waals surface area contributed by atoms with Crippen molar-refractivity contribution in [2.24, 2.45) is 0 Å². The molecule has 3 rings (SSSR count). The van der Waals surface area contributed by atoms with Gasteiger partial charge in [-0.25, -0.2) is 17.9 Å². The third-order valence-corrected chi connectivity index (χ3v) is 4.63. The summed E-state index contributed by atoms with van der Waals surface area (Å²) >= 11 is 0. The number of carbonyl (C=O) groups excluding carboxylic acids is 2. The first-order valence-corrected chi connectivity index (χ1v) is 10.5. The highest BCUT2D eigenvalue weighted by Gasteiger charge is 2.13. The SMILES string of the molecule is Cc1ccnn1-c1ccc(C(=O)OCC(=O)c2ccc(NS(C)(=O)=O)cc2)cc1. The lowest BCUT2D eigenvalue weighted by Crippen LogP contribution is -2.14. The maximum Gasteiger partial charge on any atom is 0.338 e. The zero-order valence-electron chi connectivity index (χ0n) is 15.8. The van der Waals surface area contributed by atoms with Crippen molar-refractivity contribution in [3.05, 3.63) is 77.6 Å². The van der Waals surface area contributed by atoms with Gasteiger partial charge >= 0.3 is 5.97 Å². The van der Waals surface area contributed by atoms with Crippen LogP contribution in [0.4, 0.5) is 5.69 Å². The van der Waals surface area contributed by atoms with E-state index >= 15 is 0 Å². The number of Topliss-reactive ketones (excluding diaryl/α,β-unsaturated/α-hetero) is 1. The van der Waals surface area contributed by atoms with Crippen LogP contribution in [0.3, 0.4) is 0 Å². The van der Waals surface area contributed by atoms with Crippen LogP contribution in [0.25, 0.3) is 5.69 Å². The van der Waals surface area contributed by atoms with Crippen molar-refractivity contribution >= 4 is 27.5 Å². The molecule has 0 fully saturated rings. The average Bonchev–Trinajstić information content (AvgIpc) is 3.11. The molecule has 0 amide bonds. The van der Waals surface area contributed by atoms with E-state index in [-0.39, 0.29) is 0 Å². The minimum atomic E-state index is -3.39. The molecule has 8 nitrogen and oxygen atoms in total. The normalized spacial score (nSPS) is 11.1. The summed E-state index contributed by atoms with van der Waals surface area (Å²) in [4.78, 5) is 24.4. The number of carbonyl (C=O) groups is 2. The molecule has 29 heavy (non-hydrogen) atoms. The van der Waals surface area contributed by atoms with Crippen LogP contribution in [-0.2, 0) is 14.8 Å². The number of rotatable bonds is 7. The van der Waals surface area contributed by atoms with Gasteiger partial charge in [0.15, 0.2) is 12.4 Å². The lowest BCUT2D eigenvalue weighted by Gasteiger charge is -2.08. The number of esters is 1. The number of hydrogen-bond acceptors (Lipinski definition) is 6. The predicted molar refractivity (Wildman–Crippen MR) is 108 cm³/mol. The second-order valence-electron chi connectivity index (χ2n) is 6.38. The van der Waals surface area contributed by atoms with Crippen molar-refractivity contribution in [3.8, 4) is 5.69 Å². The van der Waals surface area contributed by atoms with Gasteiger partial charge < -0.3 is 4.74 Å². The number of hydrogen-bond donors (Lipinski definition) is 1. The highest BCUT2D eigenvalue weighted by Crippen LogP contribution is 2.14. The summed E-state index contributed by atoms with van der Waals surface area (Å²) in [6.07, 6.45) is 2.72. The predicted octanol–water partition coefficient (Wildman–Crippen LogP) is 2.59. The first kappa shape index (κ1) is 20.3. The number of ketones is 1. The number of sulfonamides is 1. The molecule has 1 aromatic heterocycles. The van der Waals surface area contributed by atoms with Crippen LogP contribution in [0, 0.1) is 6.92 Å². The van der Waals surface area contributed by atoms with Crippen LogP contribution in [0.5, 0.6) is 0 Å². The van der Waals surface area contributed by atoms with Gasteiger partial charge in [-0.1, -0.05) is 0 Å². The molecule has 9 heteroatoms. The molecule has 0 bridgehead atoms. The van der Waals surface area contributed by atoms with Crippen LogP contribution in [-0.4, -0.2) is 42.8 Å². The molecular formula is C20H19N3O5S. The summed E-state index contributed by atoms with van der Waals surface area (Å²) in [7, 11) is -3.39. The highest BCUT2D eigenvalue weighted by molar-refractivity contribution is 7.92.